The number of hydrogen-bond acceptors (Lipinski definition) is 4. The summed E-state index contributed by atoms with van der Waals surface area (Å²) in [4.78, 5) is 0.149. The molecule has 0 aliphatic carbocycles. The van der Waals surface area contributed by atoms with Gasteiger partial charge in [-0.1, -0.05) is 15.9 Å². The summed E-state index contributed by atoms with van der Waals surface area (Å²) >= 11 is 3.31. The molecule has 0 aliphatic heterocycles. The van der Waals surface area contributed by atoms with Crippen molar-refractivity contribution in [3.05, 3.63) is 24.3 Å². The second-order valence-electron chi connectivity index (χ2n) is 3.58. The molecule has 0 aromatic heterocycles. The second-order valence-corrected chi connectivity index (χ2v) is 6.64. The Hall–Kier alpha value is -0.630. The van der Waals surface area contributed by atoms with Crippen molar-refractivity contribution < 1.29 is 17.9 Å². The minimum atomic E-state index is -3.49. The van der Waals surface area contributed by atoms with Crippen LogP contribution in [0.4, 0.5) is 0 Å². The van der Waals surface area contributed by atoms with Crippen molar-refractivity contribution in [1.29, 1.82) is 0 Å². The van der Waals surface area contributed by atoms with Gasteiger partial charge in [0.1, 0.15) is 5.75 Å². The molecule has 18 heavy (non-hydrogen) atoms. The van der Waals surface area contributed by atoms with E-state index in [1.54, 1.807) is 19.2 Å². The Morgan fingerprint density at radius 3 is 2.39 bits per heavy atom. The van der Waals surface area contributed by atoms with E-state index < -0.39 is 10.0 Å². The molecule has 102 valence electrons. The lowest BCUT2D eigenvalue weighted by atomic mass is 10.3. The lowest BCUT2D eigenvalue weighted by Crippen LogP contribution is -2.31. The largest absolute Gasteiger partial charge is 0.497 e. The zero-order valence-electron chi connectivity index (χ0n) is 10.2. The predicted octanol–water partition coefficient (Wildman–Crippen LogP) is 1.38. The predicted molar refractivity (Wildman–Crippen MR) is 72.8 cm³/mol. The highest BCUT2D eigenvalue weighted by Crippen LogP contribution is 2.15. The standard InChI is InChI=1S/C11H16BrNO4S/c1-16-8-9(12)7-13-18(14,15)11-5-3-10(17-2)4-6-11/h3-6,9,13H,7-8H2,1-2H3. The van der Waals surface area contributed by atoms with Crippen LogP contribution in [0.3, 0.4) is 0 Å². The lowest BCUT2D eigenvalue weighted by Gasteiger charge is -2.11. The van der Waals surface area contributed by atoms with Crippen LogP contribution in [-0.4, -0.2) is 40.6 Å². The van der Waals surface area contributed by atoms with Crippen LogP contribution in [0.1, 0.15) is 0 Å². The van der Waals surface area contributed by atoms with Crippen LogP contribution in [-0.2, 0) is 14.8 Å². The fourth-order valence-electron chi connectivity index (χ4n) is 1.28. The number of methoxy groups -OCH3 is 2. The summed E-state index contributed by atoms with van der Waals surface area (Å²) in [5, 5.41) is 0. The molecule has 5 nitrogen and oxygen atoms in total. The van der Waals surface area contributed by atoms with Gasteiger partial charge in [-0.25, -0.2) is 13.1 Å². The fourth-order valence-corrected chi connectivity index (χ4v) is 3.00. The summed E-state index contributed by atoms with van der Waals surface area (Å²) in [6.07, 6.45) is 0. The van der Waals surface area contributed by atoms with Crippen LogP contribution in [0.25, 0.3) is 0 Å². The molecule has 1 atom stereocenters. The van der Waals surface area contributed by atoms with E-state index in [-0.39, 0.29) is 16.3 Å². The van der Waals surface area contributed by atoms with Gasteiger partial charge in [-0.15, -0.1) is 0 Å². The maximum absolute atomic E-state index is 11.9. The van der Waals surface area contributed by atoms with E-state index in [0.717, 1.165) is 0 Å². The smallest absolute Gasteiger partial charge is 0.240 e. The number of alkyl halides is 1. The summed E-state index contributed by atoms with van der Waals surface area (Å²) in [6, 6.07) is 6.21. The molecule has 1 N–H and O–H groups in total. The Morgan fingerprint density at radius 1 is 1.28 bits per heavy atom. The molecule has 1 aromatic carbocycles. The van der Waals surface area contributed by atoms with E-state index in [9.17, 15) is 8.42 Å². The zero-order valence-corrected chi connectivity index (χ0v) is 12.6. The van der Waals surface area contributed by atoms with Gasteiger partial charge in [-0.05, 0) is 24.3 Å². The third kappa shape index (κ3) is 4.56. The van der Waals surface area contributed by atoms with Gasteiger partial charge in [0.15, 0.2) is 0 Å². The molecule has 0 spiro atoms. The fraction of sp³-hybridized carbons (Fsp3) is 0.455. The quantitative estimate of drug-likeness (QED) is 0.763. The van der Waals surface area contributed by atoms with Crippen molar-refractivity contribution in [2.75, 3.05) is 27.4 Å². The van der Waals surface area contributed by atoms with E-state index in [2.05, 4.69) is 20.7 Å². The molecular formula is C11H16BrNO4S. The first-order chi connectivity index (χ1) is 8.49. The number of halogens is 1. The van der Waals surface area contributed by atoms with Crippen molar-refractivity contribution in [2.45, 2.75) is 9.72 Å². The maximum Gasteiger partial charge on any atom is 0.240 e. The summed E-state index contributed by atoms with van der Waals surface area (Å²) in [6.45, 7) is 0.702. The van der Waals surface area contributed by atoms with Crippen LogP contribution in [0.15, 0.2) is 29.2 Å². The SMILES string of the molecule is COCC(Br)CNS(=O)(=O)c1ccc(OC)cc1. The van der Waals surface area contributed by atoms with Crippen LogP contribution in [0, 0.1) is 0 Å². The van der Waals surface area contributed by atoms with Crippen molar-refractivity contribution >= 4 is 26.0 Å². The molecule has 1 rings (SSSR count). The number of ether oxygens (including phenoxy) is 2. The van der Waals surface area contributed by atoms with Crippen molar-refractivity contribution in [3.63, 3.8) is 0 Å². The molecule has 0 aliphatic rings. The first-order valence-corrected chi connectivity index (χ1v) is 7.66. The number of hydrogen-bond donors (Lipinski definition) is 1. The molecule has 0 saturated carbocycles. The zero-order chi connectivity index (χ0) is 13.6. The molecule has 0 heterocycles. The van der Waals surface area contributed by atoms with Gasteiger partial charge < -0.3 is 9.47 Å². The van der Waals surface area contributed by atoms with E-state index in [4.69, 9.17) is 9.47 Å². The van der Waals surface area contributed by atoms with E-state index in [1.807, 2.05) is 0 Å². The van der Waals surface area contributed by atoms with Gasteiger partial charge in [0.25, 0.3) is 0 Å². The highest BCUT2D eigenvalue weighted by Gasteiger charge is 2.15. The Kier molecular flexibility index (Phi) is 6.07. The highest BCUT2D eigenvalue weighted by atomic mass is 79.9. The third-order valence-corrected chi connectivity index (χ3v) is 4.24. The first-order valence-electron chi connectivity index (χ1n) is 5.26. The average molecular weight is 338 g/mol. The van der Waals surface area contributed by atoms with Crippen LogP contribution < -0.4 is 9.46 Å². The summed E-state index contributed by atoms with van der Waals surface area (Å²) in [7, 11) is -0.398. The molecule has 0 fully saturated rings. The minimum absolute atomic E-state index is 0.0597. The molecule has 0 radical (unpaired) electrons. The van der Waals surface area contributed by atoms with Crippen molar-refractivity contribution in [1.82, 2.24) is 4.72 Å². The molecular weight excluding hydrogens is 322 g/mol. The Balaban J connectivity index is 2.67. The lowest BCUT2D eigenvalue weighted by molar-refractivity contribution is 0.201. The van der Waals surface area contributed by atoms with E-state index in [0.29, 0.717) is 12.4 Å². The highest BCUT2D eigenvalue weighted by molar-refractivity contribution is 9.09. The summed E-state index contributed by atoms with van der Waals surface area (Å²) in [5.74, 6) is 0.617. The van der Waals surface area contributed by atoms with Gasteiger partial charge in [-0.3, -0.25) is 0 Å². The second kappa shape index (κ2) is 7.08. The first kappa shape index (κ1) is 15.4. The number of sulfonamides is 1. The molecule has 1 unspecified atom stereocenters. The van der Waals surface area contributed by atoms with Crippen molar-refractivity contribution in [2.24, 2.45) is 0 Å². The third-order valence-electron chi connectivity index (χ3n) is 2.21. The van der Waals surface area contributed by atoms with Crippen LogP contribution in [0.2, 0.25) is 0 Å². The molecule has 7 heteroatoms. The molecule has 1 aromatic rings. The van der Waals surface area contributed by atoms with E-state index >= 15 is 0 Å². The molecule has 0 amide bonds. The Labute approximate surface area is 116 Å². The average Bonchev–Trinajstić information content (AvgIpc) is 2.37. The maximum atomic E-state index is 11.9. The van der Waals surface area contributed by atoms with Gasteiger partial charge in [-0.2, -0.15) is 0 Å². The van der Waals surface area contributed by atoms with Gasteiger partial charge in [0.2, 0.25) is 10.0 Å². The number of rotatable bonds is 7. The molecule has 0 bridgehead atoms. The normalized spacial score (nSPS) is 13.3. The molecule has 0 saturated heterocycles. The topological polar surface area (TPSA) is 64.6 Å². The van der Waals surface area contributed by atoms with Crippen LogP contribution >= 0.6 is 15.9 Å². The summed E-state index contributed by atoms with van der Waals surface area (Å²) < 4.78 is 36.2. The van der Waals surface area contributed by atoms with Gasteiger partial charge in [0.05, 0.1) is 23.4 Å². The Bertz CT molecular complexity index is 460. The van der Waals surface area contributed by atoms with E-state index in [1.165, 1.54) is 19.2 Å². The number of benzene rings is 1. The number of nitrogens with one attached hydrogen (secondary N) is 1. The summed E-state index contributed by atoms with van der Waals surface area (Å²) in [5.41, 5.74) is 0. The Morgan fingerprint density at radius 2 is 1.89 bits per heavy atom. The van der Waals surface area contributed by atoms with Crippen LogP contribution in [0.5, 0.6) is 5.75 Å². The van der Waals surface area contributed by atoms with Gasteiger partial charge >= 0.3 is 0 Å². The van der Waals surface area contributed by atoms with Gasteiger partial charge in [0, 0.05) is 13.7 Å². The monoisotopic (exact) mass is 337 g/mol. The van der Waals surface area contributed by atoms with Crippen molar-refractivity contribution in [3.8, 4) is 5.75 Å². The minimum Gasteiger partial charge on any atom is -0.497 e.